The van der Waals surface area contributed by atoms with Crippen LogP contribution in [0, 0.1) is 19.8 Å². The van der Waals surface area contributed by atoms with E-state index in [0.717, 1.165) is 25.7 Å². The van der Waals surface area contributed by atoms with Crippen molar-refractivity contribution in [1.29, 1.82) is 0 Å². The van der Waals surface area contributed by atoms with Gasteiger partial charge in [-0.3, -0.25) is 4.79 Å². The summed E-state index contributed by atoms with van der Waals surface area (Å²) in [7, 11) is 0. The van der Waals surface area contributed by atoms with Crippen LogP contribution in [0.25, 0.3) is 0 Å². The molecule has 1 aromatic heterocycles. The van der Waals surface area contributed by atoms with Gasteiger partial charge in [-0.25, -0.2) is 4.79 Å². The van der Waals surface area contributed by atoms with E-state index >= 15 is 0 Å². The number of carboxylic acids is 1. The highest BCUT2D eigenvalue weighted by Crippen LogP contribution is 2.36. The molecule has 1 heterocycles. The summed E-state index contributed by atoms with van der Waals surface area (Å²) in [5, 5.41) is 9.37. The SMILES string of the molecule is CCC1CCCCC1n1c(C)c(C(=O)O)c(C)cc1=O. The lowest BCUT2D eigenvalue weighted by Crippen LogP contribution is -2.34. The highest BCUT2D eigenvalue weighted by atomic mass is 16.4. The maximum atomic E-state index is 12.4. The quantitative estimate of drug-likeness (QED) is 0.922. The van der Waals surface area contributed by atoms with Crippen molar-refractivity contribution >= 4 is 5.97 Å². The van der Waals surface area contributed by atoms with Crippen molar-refractivity contribution < 1.29 is 9.90 Å². The summed E-state index contributed by atoms with van der Waals surface area (Å²) < 4.78 is 1.74. The molecule has 1 aliphatic rings. The molecule has 2 atom stereocenters. The monoisotopic (exact) mass is 277 g/mol. The van der Waals surface area contributed by atoms with Crippen molar-refractivity contribution in [2.45, 2.75) is 58.9 Å². The second-order valence-corrected chi connectivity index (χ2v) is 5.82. The number of nitrogens with zero attached hydrogens (tertiary/aromatic N) is 1. The zero-order chi connectivity index (χ0) is 14.9. The van der Waals surface area contributed by atoms with Gasteiger partial charge in [0.2, 0.25) is 0 Å². The van der Waals surface area contributed by atoms with Gasteiger partial charge in [0.15, 0.2) is 0 Å². The standard InChI is InChI=1S/C16H23NO3/c1-4-12-7-5-6-8-13(12)17-11(3)15(16(19)20)10(2)9-14(17)18/h9,12-13H,4-8H2,1-3H3,(H,19,20). The lowest BCUT2D eigenvalue weighted by atomic mass is 9.82. The Morgan fingerprint density at radius 2 is 2.00 bits per heavy atom. The highest BCUT2D eigenvalue weighted by Gasteiger charge is 2.28. The summed E-state index contributed by atoms with van der Waals surface area (Å²) in [5.74, 6) is -0.470. The molecule has 1 aliphatic carbocycles. The molecular formula is C16H23NO3. The summed E-state index contributed by atoms with van der Waals surface area (Å²) in [5.41, 5.74) is 1.38. The first-order valence-corrected chi connectivity index (χ1v) is 7.43. The normalized spacial score (nSPS) is 22.8. The number of aromatic carboxylic acids is 1. The van der Waals surface area contributed by atoms with Crippen LogP contribution in [0.5, 0.6) is 0 Å². The molecule has 0 radical (unpaired) electrons. The van der Waals surface area contributed by atoms with Gasteiger partial charge in [0.1, 0.15) is 0 Å². The van der Waals surface area contributed by atoms with Gasteiger partial charge in [-0.1, -0.05) is 26.2 Å². The Hall–Kier alpha value is -1.58. The van der Waals surface area contributed by atoms with Crippen LogP contribution in [0.2, 0.25) is 0 Å². The molecule has 0 aliphatic heterocycles. The van der Waals surface area contributed by atoms with E-state index in [0.29, 0.717) is 17.2 Å². The molecular weight excluding hydrogens is 254 g/mol. The van der Waals surface area contributed by atoms with Crippen LogP contribution in [-0.4, -0.2) is 15.6 Å². The molecule has 0 spiro atoms. The number of carboxylic acid groups (broad SMARTS) is 1. The van der Waals surface area contributed by atoms with Crippen LogP contribution in [0.1, 0.15) is 66.7 Å². The zero-order valence-corrected chi connectivity index (χ0v) is 12.5. The van der Waals surface area contributed by atoms with Gasteiger partial charge in [-0.05, 0) is 38.2 Å². The molecule has 20 heavy (non-hydrogen) atoms. The molecule has 4 heteroatoms. The lowest BCUT2D eigenvalue weighted by molar-refractivity contribution is 0.0693. The zero-order valence-electron chi connectivity index (χ0n) is 12.5. The van der Waals surface area contributed by atoms with Crippen molar-refractivity contribution in [1.82, 2.24) is 4.57 Å². The molecule has 1 aromatic rings. The third kappa shape index (κ3) is 2.51. The molecule has 0 amide bonds. The van der Waals surface area contributed by atoms with Crippen molar-refractivity contribution in [3.05, 3.63) is 33.2 Å². The highest BCUT2D eigenvalue weighted by molar-refractivity contribution is 5.90. The van der Waals surface area contributed by atoms with Gasteiger partial charge >= 0.3 is 5.97 Å². The van der Waals surface area contributed by atoms with Crippen LogP contribution in [0.15, 0.2) is 10.9 Å². The molecule has 0 saturated heterocycles. The van der Waals surface area contributed by atoms with Gasteiger partial charge in [0.05, 0.1) is 5.56 Å². The molecule has 110 valence electrons. The fourth-order valence-corrected chi connectivity index (χ4v) is 3.64. The Balaban J connectivity index is 2.58. The minimum absolute atomic E-state index is 0.0599. The minimum atomic E-state index is -0.947. The number of hydrogen-bond donors (Lipinski definition) is 1. The van der Waals surface area contributed by atoms with Gasteiger partial charge in [-0.2, -0.15) is 0 Å². The summed E-state index contributed by atoms with van der Waals surface area (Å²) in [4.78, 5) is 23.8. The first-order chi connectivity index (χ1) is 9.47. The van der Waals surface area contributed by atoms with Crippen LogP contribution in [0.3, 0.4) is 0 Å². The molecule has 2 rings (SSSR count). The van der Waals surface area contributed by atoms with E-state index in [1.54, 1.807) is 18.4 Å². The fourth-order valence-electron chi connectivity index (χ4n) is 3.64. The third-order valence-electron chi connectivity index (χ3n) is 4.63. The molecule has 0 bridgehead atoms. The van der Waals surface area contributed by atoms with Gasteiger partial charge in [0, 0.05) is 17.8 Å². The largest absolute Gasteiger partial charge is 0.478 e. The van der Waals surface area contributed by atoms with E-state index in [-0.39, 0.29) is 17.2 Å². The van der Waals surface area contributed by atoms with E-state index in [2.05, 4.69) is 6.92 Å². The molecule has 0 aromatic carbocycles. The number of carbonyl (C=O) groups is 1. The number of hydrogen-bond acceptors (Lipinski definition) is 2. The lowest BCUT2D eigenvalue weighted by Gasteiger charge is -2.34. The van der Waals surface area contributed by atoms with E-state index in [1.165, 1.54) is 12.5 Å². The molecule has 1 fully saturated rings. The first kappa shape index (κ1) is 14.8. The second kappa shape index (κ2) is 5.81. The maximum absolute atomic E-state index is 12.4. The van der Waals surface area contributed by atoms with E-state index in [9.17, 15) is 14.7 Å². The average molecular weight is 277 g/mol. The average Bonchev–Trinajstić information content (AvgIpc) is 2.38. The smallest absolute Gasteiger partial charge is 0.337 e. The Morgan fingerprint density at radius 3 is 2.60 bits per heavy atom. The summed E-state index contributed by atoms with van der Waals surface area (Å²) in [6.07, 6.45) is 5.46. The van der Waals surface area contributed by atoms with Gasteiger partial charge in [-0.15, -0.1) is 0 Å². The van der Waals surface area contributed by atoms with Gasteiger partial charge in [0.25, 0.3) is 5.56 Å². The van der Waals surface area contributed by atoms with E-state index < -0.39 is 5.97 Å². The van der Waals surface area contributed by atoms with Crippen LogP contribution >= 0.6 is 0 Å². The molecule has 1 saturated carbocycles. The summed E-state index contributed by atoms with van der Waals surface area (Å²) in [6, 6.07) is 1.62. The maximum Gasteiger partial charge on any atom is 0.337 e. The molecule has 2 unspecified atom stereocenters. The van der Waals surface area contributed by atoms with E-state index in [1.807, 2.05) is 0 Å². The second-order valence-electron chi connectivity index (χ2n) is 5.82. The number of rotatable bonds is 3. The number of pyridine rings is 1. The van der Waals surface area contributed by atoms with Crippen LogP contribution < -0.4 is 5.56 Å². The Bertz CT molecular complexity index is 574. The number of aromatic nitrogens is 1. The minimum Gasteiger partial charge on any atom is -0.478 e. The predicted octanol–water partition coefficient (Wildman–Crippen LogP) is 3.30. The Kier molecular flexibility index (Phi) is 4.31. The predicted molar refractivity (Wildman–Crippen MR) is 78.4 cm³/mol. The third-order valence-corrected chi connectivity index (χ3v) is 4.63. The van der Waals surface area contributed by atoms with Crippen molar-refractivity contribution in [3.63, 3.8) is 0 Å². The van der Waals surface area contributed by atoms with Crippen molar-refractivity contribution in [2.75, 3.05) is 0 Å². The summed E-state index contributed by atoms with van der Waals surface area (Å²) >= 11 is 0. The Morgan fingerprint density at radius 1 is 1.35 bits per heavy atom. The Labute approximate surface area is 119 Å². The summed E-state index contributed by atoms with van der Waals surface area (Å²) in [6.45, 7) is 5.61. The van der Waals surface area contributed by atoms with Gasteiger partial charge < -0.3 is 9.67 Å². The van der Waals surface area contributed by atoms with Crippen LogP contribution in [0.4, 0.5) is 0 Å². The number of aryl methyl sites for hydroxylation is 1. The van der Waals surface area contributed by atoms with E-state index in [4.69, 9.17) is 0 Å². The molecule has 1 N–H and O–H groups in total. The topological polar surface area (TPSA) is 59.3 Å². The van der Waals surface area contributed by atoms with Crippen molar-refractivity contribution in [3.8, 4) is 0 Å². The first-order valence-electron chi connectivity index (χ1n) is 7.43. The molecule has 4 nitrogen and oxygen atoms in total. The van der Waals surface area contributed by atoms with Crippen LogP contribution in [-0.2, 0) is 0 Å². The fraction of sp³-hybridized carbons (Fsp3) is 0.625. The van der Waals surface area contributed by atoms with Crippen molar-refractivity contribution in [2.24, 2.45) is 5.92 Å².